The largest absolute Gasteiger partial charge is 0.482 e. The van der Waals surface area contributed by atoms with Crippen LogP contribution in [0.2, 0.25) is 0 Å². The standard InChI is InChI=1S/C19H18N4O2S/c1-12-8-15(13(2)23(12)3)16-11-26-19(21-16)22-18(24)10-25-17-7-5-4-6-14(17)9-20/h4-8,11H,10H2,1-3H3,(H,21,22,24). The van der Waals surface area contributed by atoms with E-state index in [0.717, 1.165) is 22.6 Å². The normalized spacial score (nSPS) is 10.4. The Morgan fingerprint density at radius 3 is 2.85 bits per heavy atom. The molecule has 3 rings (SSSR count). The highest BCUT2D eigenvalue weighted by Crippen LogP contribution is 2.29. The number of carbonyl (C=O) groups excluding carboxylic acids is 1. The van der Waals surface area contributed by atoms with Crippen molar-refractivity contribution < 1.29 is 9.53 Å². The van der Waals surface area contributed by atoms with Gasteiger partial charge in [0.05, 0.1) is 11.3 Å². The topological polar surface area (TPSA) is 79.9 Å². The number of nitrogens with one attached hydrogen (secondary N) is 1. The second-order valence-corrected chi connectivity index (χ2v) is 6.68. The molecular formula is C19H18N4O2S. The molecule has 0 spiro atoms. The monoisotopic (exact) mass is 366 g/mol. The fourth-order valence-corrected chi connectivity index (χ4v) is 3.28. The Kier molecular flexibility index (Phi) is 5.05. The molecule has 0 atom stereocenters. The second kappa shape index (κ2) is 7.42. The highest BCUT2D eigenvalue weighted by molar-refractivity contribution is 7.14. The Bertz CT molecular complexity index is 997. The number of aromatic nitrogens is 2. The zero-order chi connectivity index (χ0) is 18.7. The summed E-state index contributed by atoms with van der Waals surface area (Å²) in [5.74, 6) is 0.0694. The molecule has 0 aliphatic rings. The number of carbonyl (C=O) groups is 1. The Morgan fingerprint density at radius 1 is 1.38 bits per heavy atom. The fraction of sp³-hybridized carbons (Fsp3) is 0.211. The lowest BCUT2D eigenvalue weighted by atomic mass is 10.2. The van der Waals surface area contributed by atoms with Crippen LogP contribution in [0.15, 0.2) is 35.7 Å². The van der Waals surface area contributed by atoms with Crippen molar-refractivity contribution in [2.75, 3.05) is 11.9 Å². The molecule has 0 saturated carbocycles. The second-order valence-electron chi connectivity index (χ2n) is 5.83. The van der Waals surface area contributed by atoms with Crippen molar-refractivity contribution in [2.45, 2.75) is 13.8 Å². The van der Waals surface area contributed by atoms with Gasteiger partial charge in [-0.3, -0.25) is 10.1 Å². The Labute approximate surface area is 155 Å². The number of hydrogen-bond donors (Lipinski definition) is 1. The number of para-hydroxylation sites is 1. The van der Waals surface area contributed by atoms with Crippen LogP contribution >= 0.6 is 11.3 Å². The zero-order valence-electron chi connectivity index (χ0n) is 14.7. The molecule has 1 N–H and O–H groups in total. The minimum absolute atomic E-state index is 0.183. The lowest BCUT2D eigenvalue weighted by Gasteiger charge is -2.06. The van der Waals surface area contributed by atoms with Crippen LogP contribution < -0.4 is 10.1 Å². The van der Waals surface area contributed by atoms with Gasteiger partial charge in [-0.05, 0) is 32.0 Å². The fourth-order valence-electron chi connectivity index (χ4n) is 2.55. The average Bonchev–Trinajstić information content (AvgIpc) is 3.20. The minimum Gasteiger partial charge on any atom is -0.482 e. The van der Waals surface area contributed by atoms with Crippen LogP contribution in [0.5, 0.6) is 5.75 Å². The van der Waals surface area contributed by atoms with Gasteiger partial charge in [-0.1, -0.05) is 12.1 Å². The highest BCUT2D eigenvalue weighted by Gasteiger charge is 2.13. The number of benzene rings is 1. The third kappa shape index (κ3) is 3.60. The van der Waals surface area contributed by atoms with E-state index in [4.69, 9.17) is 10.00 Å². The van der Waals surface area contributed by atoms with Crippen LogP contribution in [0.25, 0.3) is 11.3 Å². The maximum Gasteiger partial charge on any atom is 0.264 e. The zero-order valence-corrected chi connectivity index (χ0v) is 15.6. The first-order valence-corrected chi connectivity index (χ1v) is 8.88. The maximum atomic E-state index is 12.1. The van der Waals surface area contributed by atoms with Gasteiger partial charge in [-0.25, -0.2) is 4.98 Å². The quantitative estimate of drug-likeness (QED) is 0.747. The summed E-state index contributed by atoms with van der Waals surface area (Å²) >= 11 is 1.37. The molecule has 2 heterocycles. The van der Waals surface area contributed by atoms with E-state index in [9.17, 15) is 4.79 Å². The number of thiazole rings is 1. The van der Waals surface area contributed by atoms with Crippen LogP contribution in [0.3, 0.4) is 0 Å². The lowest BCUT2D eigenvalue weighted by Crippen LogP contribution is -2.20. The van der Waals surface area contributed by atoms with Gasteiger partial charge >= 0.3 is 0 Å². The number of rotatable bonds is 5. The van der Waals surface area contributed by atoms with Gasteiger partial charge in [-0.15, -0.1) is 11.3 Å². The van der Waals surface area contributed by atoms with Gasteiger partial charge in [0.15, 0.2) is 11.7 Å². The summed E-state index contributed by atoms with van der Waals surface area (Å²) < 4.78 is 7.54. The van der Waals surface area contributed by atoms with Crippen LogP contribution in [-0.4, -0.2) is 22.1 Å². The molecule has 0 saturated heterocycles. The average molecular weight is 366 g/mol. The summed E-state index contributed by atoms with van der Waals surface area (Å²) in [5, 5.41) is 14.2. The van der Waals surface area contributed by atoms with Crippen molar-refractivity contribution >= 4 is 22.4 Å². The van der Waals surface area contributed by atoms with Gasteiger partial charge in [0.2, 0.25) is 0 Å². The number of hydrogen-bond acceptors (Lipinski definition) is 5. The molecule has 0 aliphatic carbocycles. The van der Waals surface area contributed by atoms with Crippen molar-refractivity contribution in [2.24, 2.45) is 7.05 Å². The first-order chi connectivity index (χ1) is 12.5. The third-order valence-corrected chi connectivity index (χ3v) is 4.93. The van der Waals surface area contributed by atoms with Crippen molar-refractivity contribution in [3.05, 3.63) is 52.7 Å². The minimum atomic E-state index is -0.320. The van der Waals surface area contributed by atoms with E-state index < -0.39 is 0 Å². The van der Waals surface area contributed by atoms with E-state index in [-0.39, 0.29) is 12.5 Å². The number of nitrogens with zero attached hydrogens (tertiary/aromatic N) is 3. The summed E-state index contributed by atoms with van der Waals surface area (Å²) in [5.41, 5.74) is 4.57. The van der Waals surface area contributed by atoms with Crippen molar-refractivity contribution in [1.29, 1.82) is 5.26 Å². The number of aryl methyl sites for hydroxylation is 1. The number of amides is 1. The van der Waals surface area contributed by atoms with Crippen LogP contribution in [0.4, 0.5) is 5.13 Å². The molecule has 1 aromatic carbocycles. The van der Waals surface area contributed by atoms with Crippen LogP contribution in [-0.2, 0) is 11.8 Å². The number of anilines is 1. The van der Waals surface area contributed by atoms with E-state index in [0.29, 0.717) is 16.4 Å². The smallest absolute Gasteiger partial charge is 0.264 e. The van der Waals surface area contributed by atoms with Crippen molar-refractivity contribution in [1.82, 2.24) is 9.55 Å². The van der Waals surface area contributed by atoms with Crippen molar-refractivity contribution in [3.63, 3.8) is 0 Å². The molecule has 3 aromatic rings. The van der Waals surface area contributed by atoms with Gasteiger partial charge in [-0.2, -0.15) is 5.26 Å². The Hall–Kier alpha value is -3.11. The summed E-state index contributed by atoms with van der Waals surface area (Å²) in [4.78, 5) is 16.6. The van der Waals surface area contributed by atoms with Gasteiger partial charge < -0.3 is 9.30 Å². The van der Waals surface area contributed by atoms with E-state index in [1.165, 1.54) is 11.3 Å². The summed E-state index contributed by atoms with van der Waals surface area (Å²) in [6.07, 6.45) is 0. The molecule has 0 aliphatic heterocycles. The van der Waals surface area contributed by atoms with Gasteiger partial charge in [0, 0.05) is 29.4 Å². The van der Waals surface area contributed by atoms with Gasteiger partial charge in [0.1, 0.15) is 11.8 Å². The van der Waals surface area contributed by atoms with E-state index in [2.05, 4.69) is 20.9 Å². The van der Waals surface area contributed by atoms with Crippen LogP contribution in [0.1, 0.15) is 17.0 Å². The summed E-state index contributed by atoms with van der Waals surface area (Å²) in [7, 11) is 2.01. The lowest BCUT2D eigenvalue weighted by molar-refractivity contribution is -0.118. The van der Waals surface area contributed by atoms with Crippen molar-refractivity contribution in [3.8, 4) is 23.1 Å². The highest BCUT2D eigenvalue weighted by atomic mass is 32.1. The third-order valence-electron chi connectivity index (χ3n) is 4.17. The first-order valence-electron chi connectivity index (χ1n) is 8.00. The van der Waals surface area contributed by atoms with Crippen LogP contribution in [0, 0.1) is 25.2 Å². The van der Waals surface area contributed by atoms with Gasteiger partial charge in [0.25, 0.3) is 5.91 Å². The number of ether oxygens (including phenoxy) is 1. The van der Waals surface area contributed by atoms with E-state index in [1.807, 2.05) is 32.3 Å². The molecule has 6 nitrogen and oxygen atoms in total. The molecule has 1 amide bonds. The van der Waals surface area contributed by atoms with E-state index >= 15 is 0 Å². The summed E-state index contributed by atoms with van der Waals surface area (Å²) in [6.45, 7) is 3.90. The predicted molar refractivity (Wildman–Crippen MR) is 101 cm³/mol. The molecule has 0 fully saturated rings. The summed E-state index contributed by atoms with van der Waals surface area (Å²) in [6, 6.07) is 10.9. The molecule has 0 radical (unpaired) electrons. The maximum absolute atomic E-state index is 12.1. The molecule has 26 heavy (non-hydrogen) atoms. The molecule has 132 valence electrons. The Balaban J connectivity index is 1.65. The SMILES string of the molecule is Cc1cc(-c2csc(NC(=O)COc3ccccc3C#N)n2)c(C)n1C. The molecule has 7 heteroatoms. The molecule has 2 aromatic heterocycles. The number of nitriles is 1. The predicted octanol–water partition coefficient (Wildman–Crippen LogP) is 3.65. The van der Waals surface area contributed by atoms with E-state index in [1.54, 1.807) is 24.3 Å². The molecule has 0 bridgehead atoms. The first kappa shape index (κ1) is 17.7. The molecule has 0 unspecified atom stereocenters. The Morgan fingerprint density at radius 2 is 2.15 bits per heavy atom. The molecular weight excluding hydrogens is 348 g/mol.